The number of ether oxygens (including phenoxy) is 2. The molecule has 0 radical (unpaired) electrons. The van der Waals surface area contributed by atoms with Gasteiger partial charge in [0.15, 0.2) is 0 Å². The van der Waals surface area contributed by atoms with Crippen LogP contribution in [0, 0.1) is 5.92 Å². The van der Waals surface area contributed by atoms with Crippen molar-refractivity contribution in [2.45, 2.75) is 32.9 Å². The second-order valence-corrected chi connectivity index (χ2v) is 8.70. The summed E-state index contributed by atoms with van der Waals surface area (Å²) in [6, 6.07) is 11.0. The molecule has 1 aromatic heterocycles. The number of amides is 3. The van der Waals surface area contributed by atoms with Crippen LogP contribution in [0.2, 0.25) is 0 Å². The number of hydrogen-bond acceptors (Lipinski definition) is 6. The van der Waals surface area contributed by atoms with E-state index < -0.39 is 5.92 Å². The molecule has 0 spiro atoms. The lowest BCUT2D eigenvalue weighted by molar-refractivity contribution is -0.139. The maximum absolute atomic E-state index is 13.5. The maximum Gasteiger partial charge on any atom is 0.251 e. The Kier molecular flexibility index (Phi) is 7.87. The van der Waals surface area contributed by atoms with Crippen molar-refractivity contribution in [1.82, 2.24) is 15.1 Å². The van der Waals surface area contributed by atoms with Crippen LogP contribution in [0.25, 0.3) is 0 Å². The van der Waals surface area contributed by atoms with E-state index in [1.165, 1.54) is 0 Å². The standard InChI is InChI=1S/C26H31N3O6/c1-18-23(26(32)28-9-12-34-13-10-28)14-20(15-24(30)27-16-22-4-3-11-35-22)25(31)29(18)17-19-5-7-21(33-2)8-6-19/h3-8,11,20H,9-10,12-17H2,1-2H3,(H,27,30). The lowest BCUT2D eigenvalue weighted by Crippen LogP contribution is -2.46. The van der Waals surface area contributed by atoms with Crippen molar-refractivity contribution < 1.29 is 28.3 Å². The van der Waals surface area contributed by atoms with Crippen molar-refractivity contribution in [1.29, 1.82) is 0 Å². The van der Waals surface area contributed by atoms with Gasteiger partial charge < -0.3 is 29.0 Å². The molecule has 3 heterocycles. The average molecular weight is 482 g/mol. The maximum atomic E-state index is 13.5. The number of morpholine rings is 1. The Morgan fingerprint density at radius 3 is 2.54 bits per heavy atom. The number of methoxy groups -OCH3 is 1. The van der Waals surface area contributed by atoms with E-state index in [9.17, 15) is 14.4 Å². The van der Waals surface area contributed by atoms with Crippen LogP contribution in [0.4, 0.5) is 0 Å². The molecule has 1 atom stereocenters. The van der Waals surface area contributed by atoms with E-state index in [2.05, 4.69) is 5.32 Å². The molecule has 1 saturated heterocycles. The summed E-state index contributed by atoms with van der Waals surface area (Å²) in [5.41, 5.74) is 2.11. The van der Waals surface area contributed by atoms with Gasteiger partial charge in [-0.2, -0.15) is 0 Å². The molecule has 0 saturated carbocycles. The van der Waals surface area contributed by atoms with Crippen LogP contribution >= 0.6 is 0 Å². The first-order valence-corrected chi connectivity index (χ1v) is 11.8. The highest BCUT2D eigenvalue weighted by Gasteiger charge is 2.38. The lowest BCUT2D eigenvalue weighted by Gasteiger charge is -2.37. The number of hydrogen-bond donors (Lipinski definition) is 1. The normalized spacial score (nSPS) is 18.6. The molecule has 9 nitrogen and oxygen atoms in total. The summed E-state index contributed by atoms with van der Waals surface area (Å²) in [6.45, 7) is 4.36. The molecule has 2 aliphatic rings. The number of rotatable bonds is 8. The van der Waals surface area contributed by atoms with E-state index >= 15 is 0 Å². The summed E-state index contributed by atoms with van der Waals surface area (Å²) in [6.07, 6.45) is 1.76. The molecule has 9 heteroatoms. The molecular weight excluding hydrogens is 450 g/mol. The monoisotopic (exact) mass is 481 g/mol. The molecule has 0 bridgehead atoms. The highest BCUT2D eigenvalue weighted by atomic mass is 16.5. The van der Waals surface area contributed by atoms with E-state index in [0.29, 0.717) is 49.9 Å². The van der Waals surface area contributed by atoms with Gasteiger partial charge in [0.2, 0.25) is 11.8 Å². The van der Waals surface area contributed by atoms with E-state index in [0.717, 1.165) is 11.3 Å². The molecular formula is C26H31N3O6. The smallest absolute Gasteiger partial charge is 0.251 e. The summed E-state index contributed by atoms with van der Waals surface area (Å²) >= 11 is 0. The van der Waals surface area contributed by atoms with Crippen molar-refractivity contribution >= 4 is 17.7 Å². The predicted octanol–water partition coefficient (Wildman–Crippen LogP) is 2.48. The van der Waals surface area contributed by atoms with Crippen LogP contribution in [-0.4, -0.2) is 60.9 Å². The first-order valence-electron chi connectivity index (χ1n) is 11.8. The van der Waals surface area contributed by atoms with Gasteiger partial charge in [-0.15, -0.1) is 0 Å². The fourth-order valence-corrected chi connectivity index (χ4v) is 4.39. The van der Waals surface area contributed by atoms with Gasteiger partial charge in [0.05, 0.1) is 45.6 Å². The number of nitrogens with zero attached hydrogens (tertiary/aromatic N) is 2. The number of allylic oxidation sites excluding steroid dienone is 1. The zero-order valence-electron chi connectivity index (χ0n) is 20.1. The molecule has 2 aromatic rings. The summed E-state index contributed by atoms with van der Waals surface area (Å²) in [4.78, 5) is 43.0. The highest BCUT2D eigenvalue weighted by molar-refractivity contribution is 5.98. The second kappa shape index (κ2) is 11.2. The van der Waals surface area contributed by atoms with Gasteiger partial charge in [-0.1, -0.05) is 12.1 Å². The van der Waals surface area contributed by atoms with Gasteiger partial charge in [0, 0.05) is 30.8 Å². The summed E-state index contributed by atoms with van der Waals surface area (Å²) < 4.78 is 15.9. The lowest BCUT2D eigenvalue weighted by atomic mass is 9.88. The van der Waals surface area contributed by atoms with E-state index in [1.807, 2.05) is 31.2 Å². The van der Waals surface area contributed by atoms with E-state index in [1.54, 1.807) is 35.3 Å². The fourth-order valence-electron chi connectivity index (χ4n) is 4.39. The molecule has 1 N–H and O–H groups in total. The quantitative estimate of drug-likeness (QED) is 0.622. The molecule has 0 aliphatic carbocycles. The number of carbonyl (C=O) groups excluding carboxylic acids is 3. The Morgan fingerprint density at radius 1 is 1.14 bits per heavy atom. The second-order valence-electron chi connectivity index (χ2n) is 8.70. The molecule has 1 unspecified atom stereocenters. The number of furan rings is 1. The Labute approximate surface area is 204 Å². The number of nitrogens with one attached hydrogen (secondary N) is 1. The summed E-state index contributed by atoms with van der Waals surface area (Å²) in [5, 5.41) is 2.80. The topological polar surface area (TPSA) is 101 Å². The number of benzene rings is 1. The molecule has 186 valence electrons. The Balaban J connectivity index is 1.54. The van der Waals surface area contributed by atoms with Crippen molar-refractivity contribution in [3.8, 4) is 5.75 Å². The number of carbonyl (C=O) groups is 3. The van der Waals surface area contributed by atoms with Crippen LogP contribution in [0.1, 0.15) is 31.1 Å². The van der Waals surface area contributed by atoms with Crippen LogP contribution in [0.15, 0.2) is 58.3 Å². The van der Waals surface area contributed by atoms with Crippen LogP contribution in [0.3, 0.4) is 0 Å². The third-order valence-electron chi connectivity index (χ3n) is 6.44. The predicted molar refractivity (Wildman–Crippen MR) is 127 cm³/mol. The first-order chi connectivity index (χ1) is 17.0. The Morgan fingerprint density at radius 2 is 1.89 bits per heavy atom. The summed E-state index contributed by atoms with van der Waals surface area (Å²) in [5.74, 6) is 0.202. The van der Waals surface area contributed by atoms with E-state index in [-0.39, 0.29) is 37.1 Å². The van der Waals surface area contributed by atoms with Gasteiger partial charge >= 0.3 is 0 Å². The minimum absolute atomic E-state index is 0.00811. The zero-order chi connectivity index (χ0) is 24.8. The van der Waals surface area contributed by atoms with Gasteiger partial charge in [-0.3, -0.25) is 14.4 Å². The molecule has 35 heavy (non-hydrogen) atoms. The third kappa shape index (κ3) is 5.92. The molecule has 1 aromatic carbocycles. The van der Waals surface area contributed by atoms with Crippen molar-refractivity contribution in [2.24, 2.45) is 5.92 Å². The average Bonchev–Trinajstić information content (AvgIpc) is 3.41. The van der Waals surface area contributed by atoms with Crippen molar-refractivity contribution in [3.05, 3.63) is 65.3 Å². The zero-order valence-corrected chi connectivity index (χ0v) is 20.1. The van der Waals surface area contributed by atoms with Crippen LogP contribution in [-0.2, 0) is 32.2 Å². The third-order valence-corrected chi connectivity index (χ3v) is 6.44. The van der Waals surface area contributed by atoms with Crippen molar-refractivity contribution in [3.63, 3.8) is 0 Å². The molecule has 1 fully saturated rings. The van der Waals surface area contributed by atoms with Gasteiger partial charge in [-0.05, 0) is 43.2 Å². The SMILES string of the molecule is COc1ccc(CN2C(=O)C(CC(=O)NCc3ccco3)CC(C(=O)N3CCOCC3)=C2C)cc1. The van der Waals surface area contributed by atoms with Gasteiger partial charge in [0.25, 0.3) is 5.91 Å². The minimum atomic E-state index is -0.631. The van der Waals surface area contributed by atoms with Crippen LogP contribution < -0.4 is 10.1 Å². The van der Waals surface area contributed by atoms with Crippen LogP contribution in [0.5, 0.6) is 5.75 Å². The van der Waals surface area contributed by atoms with Gasteiger partial charge in [-0.25, -0.2) is 0 Å². The molecule has 4 rings (SSSR count). The van der Waals surface area contributed by atoms with Gasteiger partial charge in [0.1, 0.15) is 11.5 Å². The first kappa shape index (κ1) is 24.5. The molecule has 3 amide bonds. The highest BCUT2D eigenvalue weighted by Crippen LogP contribution is 2.32. The van der Waals surface area contributed by atoms with E-state index in [4.69, 9.17) is 13.9 Å². The summed E-state index contributed by atoms with van der Waals surface area (Å²) in [7, 11) is 1.60. The Bertz CT molecular complexity index is 1070. The molecule has 2 aliphatic heterocycles. The largest absolute Gasteiger partial charge is 0.497 e. The van der Waals surface area contributed by atoms with Crippen molar-refractivity contribution in [2.75, 3.05) is 33.4 Å². The fraction of sp³-hybridized carbons (Fsp3) is 0.423. The Hall–Kier alpha value is -3.59. The minimum Gasteiger partial charge on any atom is -0.497 e.